The van der Waals surface area contributed by atoms with Crippen LogP contribution >= 0.6 is 0 Å². The van der Waals surface area contributed by atoms with Crippen molar-refractivity contribution in [2.75, 3.05) is 26.9 Å². The van der Waals surface area contributed by atoms with E-state index in [0.29, 0.717) is 18.6 Å². The minimum Gasteiger partial charge on any atom is -0.493 e. The average molecular weight is 293 g/mol. The molecule has 0 amide bonds. The number of methoxy groups -OCH3 is 1. The summed E-state index contributed by atoms with van der Waals surface area (Å²) in [5.74, 6) is 2.24. The fourth-order valence-corrected chi connectivity index (χ4v) is 2.88. The van der Waals surface area contributed by atoms with E-state index < -0.39 is 0 Å². The molecule has 0 spiro atoms. The summed E-state index contributed by atoms with van der Waals surface area (Å²) >= 11 is 0. The second-order valence-electron chi connectivity index (χ2n) is 5.42. The molecule has 1 fully saturated rings. The molecule has 1 aliphatic heterocycles. The average Bonchev–Trinajstić information content (AvgIpc) is 2.95. The highest BCUT2D eigenvalue weighted by atomic mass is 16.5. The first-order valence-corrected chi connectivity index (χ1v) is 7.90. The normalized spacial score (nSPS) is 21.5. The van der Waals surface area contributed by atoms with Crippen LogP contribution in [-0.2, 0) is 11.3 Å². The van der Waals surface area contributed by atoms with Gasteiger partial charge in [0.1, 0.15) is 0 Å². The van der Waals surface area contributed by atoms with Crippen molar-refractivity contribution in [3.63, 3.8) is 0 Å². The topological polar surface area (TPSA) is 39.7 Å². The Hall–Kier alpha value is -1.26. The summed E-state index contributed by atoms with van der Waals surface area (Å²) in [4.78, 5) is 0. The molecule has 2 unspecified atom stereocenters. The molecule has 1 N–H and O–H groups in total. The van der Waals surface area contributed by atoms with Crippen LogP contribution in [0.15, 0.2) is 18.2 Å². The molecular weight excluding hydrogens is 266 g/mol. The van der Waals surface area contributed by atoms with E-state index in [1.165, 1.54) is 5.56 Å². The zero-order valence-corrected chi connectivity index (χ0v) is 13.4. The number of hydrogen-bond donors (Lipinski definition) is 1. The Kier molecular flexibility index (Phi) is 6.33. The molecular formula is C17H27NO3. The van der Waals surface area contributed by atoms with Crippen molar-refractivity contribution in [1.29, 1.82) is 0 Å². The standard InChI is InChI=1S/C17H27NO3/c1-4-15-14(8-9-21-15)12-18-11-13-6-7-16(19-3)17(10-13)20-5-2/h6-7,10,14-15,18H,4-5,8-9,11-12H2,1-3H3. The SMILES string of the molecule is CCOc1cc(CNCC2CCOC2CC)ccc1OC. The van der Waals surface area contributed by atoms with Crippen LogP contribution in [0.2, 0.25) is 0 Å². The number of nitrogens with one attached hydrogen (secondary N) is 1. The number of rotatable bonds is 8. The summed E-state index contributed by atoms with van der Waals surface area (Å²) in [5.41, 5.74) is 1.21. The van der Waals surface area contributed by atoms with Gasteiger partial charge in [0, 0.05) is 19.7 Å². The molecule has 1 aromatic carbocycles. The van der Waals surface area contributed by atoms with Crippen LogP contribution < -0.4 is 14.8 Å². The molecule has 0 saturated carbocycles. The van der Waals surface area contributed by atoms with Gasteiger partial charge >= 0.3 is 0 Å². The molecule has 2 rings (SSSR count). The molecule has 0 aromatic heterocycles. The Balaban J connectivity index is 1.86. The molecule has 0 radical (unpaired) electrons. The van der Waals surface area contributed by atoms with Gasteiger partial charge in [-0.15, -0.1) is 0 Å². The highest BCUT2D eigenvalue weighted by Crippen LogP contribution is 2.28. The van der Waals surface area contributed by atoms with Crippen LogP contribution in [0.3, 0.4) is 0 Å². The number of benzene rings is 1. The third-order valence-corrected chi connectivity index (χ3v) is 4.01. The Morgan fingerprint density at radius 2 is 2.14 bits per heavy atom. The van der Waals surface area contributed by atoms with Crippen molar-refractivity contribution in [2.24, 2.45) is 5.92 Å². The molecule has 1 saturated heterocycles. The monoisotopic (exact) mass is 293 g/mol. The largest absolute Gasteiger partial charge is 0.493 e. The molecule has 21 heavy (non-hydrogen) atoms. The summed E-state index contributed by atoms with van der Waals surface area (Å²) in [6.07, 6.45) is 2.69. The summed E-state index contributed by atoms with van der Waals surface area (Å²) in [5, 5.41) is 3.54. The number of ether oxygens (including phenoxy) is 3. The fourth-order valence-electron chi connectivity index (χ4n) is 2.88. The van der Waals surface area contributed by atoms with Crippen molar-refractivity contribution >= 4 is 0 Å². The Bertz CT molecular complexity index is 436. The van der Waals surface area contributed by atoms with Gasteiger partial charge in [-0.1, -0.05) is 13.0 Å². The van der Waals surface area contributed by atoms with Gasteiger partial charge in [-0.3, -0.25) is 0 Å². The second kappa shape index (κ2) is 8.25. The summed E-state index contributed by atoms with van der Waals surface area (Å²) < 4.78 is 16.6. The first-order valence-electron chi connectivity index (χ1n) is 7.90. The lowest BCUT2D eigenvalue weighted by Gasteiger charge is -2.17. The van der Waals surface area contributed by atoms with E-state index in [-0.39, 0.29) is 0 Å². The summed E-state index contributed by atoms with van der Waals surface area (Å²) in [7, 11) is 1.67. The smallest absolute Gasteiger partial charge is 0.161 e. The molecule has 1 aromatic rings. The lowest BCUT2D eigenvalue weighted by molar-refractivity contribution is 0.0872. The molecule has 1 aliphatic rings. The lowest BCUT2D eigenvalue weighted by atomic mass is 9.99. The fraction of sp³-hybridized carbons (Fsp3) is 0.647. The van der Waals surface area contributed by atoms with Gasteiger partial charge in [-0.2, -0.15) is 0 Å². The third-order valence-electron chi connectivity index (χ3n) is 4.01. The predicted octanol–water partition coefficient (Wildman–Crippen LogP) is 3.00. The van der Waals surface area contributed by atoms with Gasteiger partial charge in [0.05, 0.1) is 19.8 Å². The Morgan fingerprint density at radius 3 is 2.86 bits per heavy atom. The van der Waals surface area contributed by atoms with E-state index in [4.69, 9.17) is 14.2 Å². The molecule has 1 heterocycles. The maximum atomic E-state index is 5.72. The van der Waals surface area contributed by atoms with Crippen molar-refractivity contribution in [3.8, 4) is 11.5 Å². The van der Waals surface area contributed by atoms with Crippen molar-refractivity contribution in [3.05, 3.63) is 23.8 Å². The summed E-state index contributed by atoms with van der Waals surface area (Å²) in [6, 6.07) is 6.10. The first-order chi connectivity index (χ1) is 10.3. The van der Waals surface area contributed by atoms with E-state index in [9.17, 15) is 0 Å². The summed E-state index contributed by atoms with van der Waals surface area (Å²) in [6.45, 7) is 7.58. The van der Waals surface area contributed by atoms with Crippen molar-refractivity contribution in [2.45, 2.75) is 39.3 Å². The van der Waals surface area contributed by atoms with Crippen LogP contribution in [-0.4, -0.2) is 33.0 Å². The zero-order chi connectivity index (χ0) is 15.1. The van der Waals surface area contributed by atoms with E-state index in [2.05, 4.69) is 24.4 Å². The van der Waals surface area contributed by atoms with Crippen molar-refractivity contribution in [1.82, 2.24) is 5.32 Å². The van der Waals surface area contributed by atoms with Gasteiger partial charge in [-0.05, 0) is 43.4 Å². The number of hydrogen-bond acceptors (Lipinski definition) is 4. The maximum absolute atomic E-state index is 5.72. The predicted molar refractivity (Wildman–Crippen MR) is 84.0 cm³/mol. The maximum Gasteiger partial charge on any atom is 0.161 e. The van der Waals surface area contributed by atoms with Crippen LogP contribution in [0.5, 0.6) is 11.5 Å². The van der Waals surface area contributed by atoms with Gasteiger partial charge in [-0.25, -0.2) is 0 Å². The molecule has 4 heteroatoms. The van der Waals surface area contributed by atoms with Crippen LogP contribution in [0.25, 0.3) is 0 Å². The molecule has 2 atom stereocenters. The van der Waals surface area contributed by atoms with E-state index in [0.717, 1.165) is 44.0 Å². The minimum atomic E-state index is 0.423. The van der Waals surface area contributed by atoms with Crippen LogP contribution in [0, 0.1) is 5.92 Å². The van der Waals surface area contributed by atoms with Gasteiger partial charge < -0.3 is 19.5 Å². The van der Waals surface area contributed by atoms with Crippen molar-refractivity contribution < 1.29 is 14.2 Å². The Morgan fingerprint density at radius 1 is 1.29 bits per heavy atom. The second-order valence-corrected chi connectivity index (χ2v) is 5.42. The van der Waals surface area contributed by atoms with Crippen LogP contribution in [0.4, 0.5) is 0 Å². The molecule has 4 nitrogen and oxygen atoms in total. The van der Waals surface area contributed by atoms with E-state index >= 15 is 0 Å². The Labute approximate surface area is 127 Å². The lowest BCUT2D eigenvalue weighted by Crippen LogP contribution is -2.27. The molecule has 0 aliphatic carbocycles. The quantitative estimate of drug-likeness (QED) is 0.800. The molecule has 118 valence electrons. The van der Waals surface area contributed by atoms with Gasteiger partial charge in [0.2, 0.25) is 0 Å². The highest BCUT2D eigenvalue weighted by molar-refractivity contribution is 5.42. The minimum absolute atomic E-state index is 0.423. The first kappa shape index (κ1) is 16.1. The van der Waals surface area contributed by atoms with Gasteiger partial charge in [0.15, 0.2) is 11.5 Å². The van der Waals surface area contributed by atoms with E-state index in [1.54, 1.807) is 7.11 Å². The van der Waals surface area contributed by atoms with E-state index in [1.807, 2.05) is 13.0 Å². The van der Waals surface area contributed by atoms with Gasteiger partial charge in [0.25, 0.3) is 0 Å². The zero-order valence-electron chi connectivity index (χ0n) is 13.4. The molecule has 0 bridgehead atoms. The van der Waals surface area contributed by atoms with Crippen LogP contribution in [0.1, 0.15) is 32.3 Å². The highest BCUT2D eigenvalue weighted by Gasteiger charge is 2.25. The third kappa shape index (κ3) is 4.35.